The Hall–Kier alpha value is -2.66. The van der Waals surface area contributed by atoms with Gasteiger partial charge in [0.05, 0.1) is 28.3 Å². The highest BCUT2D eigenvalue weighted by Crippen LogP contribution is 2.26. The number of nitrogens with zero attached hydrogens (tertiary/aromatic N) is 3. The molecule has 1 fully saturated rings. The number of thiophene rings is 1. The third-order valence-corrected chi connectivity index (χ3v) is 8.11. The van der Waals surface area contributed by atoms with Crippen molar-refractivity contribution >= 4 is 50.8 Å². The van der Waals surface area contributed by atoms with E-state index in [0.717, 1.165) is 41.0 Å². The Bertz CT molecular complexity index is 1220. The van der Waals surface area contributed by atoms with Gasteiger partial charge in [0, 0.05) is 17.1 Å². The first-order valence-electron chi connectivity index (χ1n) is 11.0. The molecule has 4 rings (SSSR count). The van der Waals surface area contributed by atoms with Crippen LogP contribution in [0.1, 0.15) is 48.9 Å². The molecule has 0 aliphatic heterocycles. The summed E-state index contributed by atoms with van der Waals surface area (Å²) in [5.74, 6) is 0.721. The van der Waals surface area contributed by atoms with E-state index in [9.17, 15) is 14.4 Å². The number of aromatic amines is 1. The lowest BCUT2D eigenvalue weighted by Gasteiger charge is -2.11. The highest BCUT2D eigenvalue weighted by molar-refractivity contribution is 7.99. The minimum atomic E-state index is -0.369. The molecule has 176 valence electrons. The Morgan fingerprint density at radius 2 is 2.09 bits per heavy atom. The van der Waals surface area contributed by atoms with Gasteiger partial charge in [0.25, 0.3) is 5.56 Å². The van der Waals surface area contributed by atoms with Crippen molar-refractivity contribution in [2.75, 3.05) is 5.32 Å². The largest absolute Gasteiger partial charge is 0.352 e. The van der Waals surface area contributed by atoms with Gasteiger partial charge in [-0.05, 0) is 39.2 Å². The molecule has 1 unspecified atom stereocenters. The molecular formula is C22H28N6O3S2. The Labute approximate surface area is 199 Å². The Balaban J connectivity index is 1.29. The Morgan fingerprint density at radius 1 is 1.33 bits per heavy atom. The molecule has 0 spiro atoms. The first kappa shape index (κ1) is 23.5. The van der Waals surface area contributed by atoms with E-state index >= 15 is 0 Å². The van der Waals surface area contributed by atoms with E-state index in [2.05, 4.69) is 25.7 Å². The Kier molecular flexibility index (Phi) is 7.18. The second kappa shape index (κ2) is 10.1. The van der Waals surface area contributed by atoms with E-state index in [4.69, 9.17) is 0 Å². The van der Waals surface area contributed by atoms with Crippen LogP contribution in [0.2, 0.25) is 0 Å². The lowest BCUT2D eigenvalue weighted by molar-refractivity contribution is -0.122. The first-order valence-corrected chi connectivity index (χ1v) is 12.9. The molecule has 0 saturated heterocycles. The number of fused-ring (bicyclic) bond motifs is 1. The smallest absolute Gasteiger partial charge is 0.259 e. The van der Waals surface area contributed by atoms with Crippen molar-refractivity contribution in [3.05, 3.63) is 39.0 Å². The molecule has 33 heavy (non-hydrogen) atoms. The van der Waals surface area contributed by atoms with Crippen molar-refractivity contribution in [3.8, 4) is 0 Å². The fourth-order valence-corrected chi connectivity index (χ4v) is 5.70. The molecule has 0 bridgehead atoms. The van der Waals surface area contributed by atoms with E-state index < -0.39 is 0 Å². The van der Waals surface area contributed by atoms with Crippen molar-refractivity contribution in [1.29, 1.82) is 0 Å². The third-order valence-electron chi connectivity index (χ3n) is 5.85. The van der Waals surface area contributed by atoms with Gasteiger partial charge in [-0.2, -0.15) is 5.10 Å². The summed E-state index contributed by atoms with van der Waals surface area (Å²) >= 11 is 2.90. The number of nitrogens with one attached hydrogen (secondary N) is 3. The summed E-state index contributed by atoms with van der Waals surface area (Å²) < 4.78 is 1.52. The molecule has 1 aliphatic rings. The highest BCUT2D eigenvalue weighted by atomic mass is 32.2. The van der Waals surface area contributed by atoms with Crippen molar-refractivity contribution in [3.63, 3.8) is 0 Å². The number of rotatable bonds is 8. The quantitative estimate of drug-likeness (QED) is 0.448. The Morgan fingerprint density at radius 3 is 2.85 bits per heavy atom. The lowest BCUT2D eigenvalue weighted by atomic mass is 10.2. The van der Waals surface area contributed by atoms with Crippen LogP contribution in [0.15, 0.2) is 17.2 Å². The number of hydrogen-bond donors (Lipinski definition) is 3. The molecule has 3 aromatic heterocycles. The number of hydrogen-bond acceptors (Lipinski definition) is 7. The zero-order chi connectivity index (χ0) is 23.5. The van der Waals surface area contributed by atoms with E-state index in [1.807, 2.05) is 13.8 Å². The van der Waals surface area contributed by atoms with Gasteiger partial charge in [-0.3, -0.25) is 19.1 Å². The molecule has 0 radical (unpaired) electrons. The molecule has 11 heteroatoms. The van der Waals surface area contributed by atoms with E-state index in [-0.39, 0.29) is 35.2 Å². The first-order chi connectivity index (χ1) is 15.8. The van der Waals surface area contributed by atoms with E-state index in [1.165, 1.54) is 34.0 Å². The summed E-state index contributed by atoms with van der Waals surface area (Å²) in [6, 6.07) is 0.267. The van der Waals surface area contributed by atoms with Crippen LogP contribution >= 0.6 is 23.1 Å². The topological polar surface area (TPSA) is 122 Å². The number of aryl methyl sites for hydroxylation is 2. The van der Waals surface area contributed by atoms with Crippen LogP contribution < -0.4 is 16.2 Å². The minimum Gasteiger partial charge on any atom is -0.352 e. The molecule has 0 aromatic carbocycles. The van der Waals surface area contributed by atoms with Crippen molar-refractivity contribution in [1.82, 2.24) is 25.1 Å². The molecule has 1 aliphatic carbocycles. The number of amides is 2. The van der Waals surface area contributed by atoms with Gasteiger partial charge in [-0.1, -0.05) is 12.8 Å². The minimum absolute atomic E-state index is 0.0682. The predicted molar refractivity (Wildman–Crippen MR) is 132 cm³/mol. The fourth-order valence-electron chi connectivity index (χ4n) is 3.90. The fraction of sp³-hybridized carbons (Fsp3) is 0.500. The van der Waals surface area contributed by atoms with Crippen LogP contribution in [-0.2, 0) is 21.9 Å². The number of carbonyl (C=O) groups excluding carboxylic acids is 2. The zero-order valence-corrected chi connectivity index (χ0v) is 20.6. The summed E-state index contributed by atoms with van der Waals surface area (Å²) in [4.78, 5) is 46.4. The van der Waals surface area contributed by atoms with Crippen LogP contribution in [0, 0.1) is 13.8 Å². The maximum absolute atomic E-state index is 12.6. The molecule has 2 amide bonds. The molecule has 1 saturated carbocycles. The van der Waals surface area contributed by atoms with Gasteiger partial charge < -0.3 is 15.6 Å². The van der Waals surface area contributed by atoms with E-state index in [0.29, 0.717) is 22.7 Å². The predicted octanol–water partition coefficient (Wildman–Crippen LogP) is 3.12. The average molecular weight is 489 g/mol. The summed E-state index contributed by atoms with van der Waals surface area (Å²) in [5.41, 5.74) is 1.37. The number of anilines is 1. The zero-order valence-electron chi connectivity index (χ0n) is 18.9. The highest BCUT2D eigenvalue weighted by Gasteiger charge is 2.19. The SMILES string of the molecule is Cc1sc2nc(CSC(C)C(=O)Nc3cnn(CC(=O)NC4CCCC4)c3)[nH]c(=O)c2c1C. The maximum Gasteiger partial charge on any atom is 0.259 e. The number of carbonyl (C=O) groups is 2. The summed E-state index contributed by atoms with van der Waals surface area (Å²) in [7, 11) is 0. The lowest BCUT2D eigenvalue weighted by Crippen LogP contribution is -2.35. The van der Waals surface area contributed by atoms with Crippen LogP contribution in [0.25, 0.3) is 10.2 Å². The van der Waals surface area contributed by atoms with E-state index in [1.54, 1.807) is 13.1 Å². The summed E-state index contributed by atoms with van der Waals surface area (Å²) in [6.45, 7) is 5.83. The number of H-pyrrole nitrogens is 1. The van der Waals surface area contributed by atoms with Gasteiger partial charge in [-0.15, -0.1) is 23.1 Å². The van der Waals surface area contributed by atoms with Gasteiger partial charge in [-0.25, -0.2) is 4.98 Å². The van der Waals surface area contributed by atoms with Crippen molar-refractivity contribution in [2.24, 2.45) is 0 Å². The van der Waals surface area contributed by atoms with Crippen molar-refractivity contribution < 1.29 is 9.59 Å². The molecule has 3 N–H and O–H groups in total. The van der Waals surface area contributed by atoms with Gasteiger partial charge in [0.15, 0.2) is 0 Å². The molecule has 3 heterocycles. The van der Waals surface area contributed by atoms with Crippen LogP contribution in [0.5, 0.6) is 0 Å². The molecule has 9 nitrogen and oxygen atoms in total. The van der Waals surface area contributed by atoms with Gasteiger partial charge in [0.1, 0.15) is 17.2 Å². The van der Waals surface area contributed by atoms with Gasteiger partial charge >= 0.3 is 0 Å². The molecular weight excluding hydrogens is 460 g/mol. The van der Waals surface area contributed by atoms with Gasteiger partial charge in [0.2, 0.25) is 11.8 Å². The summed E-state index contributed by atoms with van der Waals surface area (Å²) in [6.07, 6.45) is 7.57. The molecule has 3 aromatic rings. The second-order valence-corrected chi connectivity index (χ2v) is 10.9. The second-order valence-electron chi connectivity index (χ2n) is 8.39. The normalized spacial score (nSPS) is 15.1. The third kappa shape index (κ3) is 5.64. The standard InChI is InChI=1S/C22H28N6O3S2/c1-12-13(2)33-22-19(12)21(31)26-17(27-22)11-32-14(3)20(30)25-16-8-23-28(9-16)10-18(29)24-15-6-4-5-7-15/h8-9,14-15H,4-7,10-11H2,1-3H3,(H,24,29)(H,25,30)(H,26,27,31). The van der Waals surface area contributed by atoms with Crippen molar-refractivity contribution in [2.45, 2.75) is 70.0 Å². The maximum atomic E-state index is 12.6. The average Bonchev–Trinajstić information content (AvgIpc) is 3.48. The van der Waals surface area contributed by atoms with Crippen LogP contribution in [0.4, 0.5) is 5.69 Å². The number of aromatic nitrogens is 4. The van der Waals surface area contributed by atoms with Crippen LogP contribution in [0.3, 0.4) is 0 Å². The summed E-state index contributed by atoms with van der Waals surface area (Å²) in [5, 5.41) is 10.3. The monoisotopic (exact) mass is 488 g/mol. The molecule has 1 atom stereocenters. The number of thioether (sulfide) groups is 1. The van der Waals surface area contributed by atoms with Crippen LogP contribution in [-0.4, -0.2) is 42.9 Å².